The Bertz CT molecular complexity index is 442. The Balaban J connectivity index is 2.57. The Morgan fingerprint density at radius 3 is 2.50 bits per heavy atom. The van der Waals surface area contributed by atoms with Crippen molar-refractivity contribution in [3.05, 3.63) is 35.4 Å². The van der Waals surface area contributed by atoms with E-state index in [2.05, 4.69) is 15.6 Å². The number of guanidine groups is 1. The van der Waals surface area contributed by atoms with E-state index in [-0.39, 0.29) is 6.54 Å². The van der Waals surface area contributed by atoms with Gasteiger partial charge >= 0.3 is 6.18 Å². The highest BCUT2D eigenvalue weighted by molar-refractivity contribution is 5.79. The maximum absolute atomic E-state index is 12.1. The van der Waals surface area contributed by atoms with Gasteiger partial charge in [-0.25, -0.2) is 4.99 Å². The second kappa shape index (κ2) is 7.77. The van der Waals surface area contributed by atoms with Crippen LogP contribution < -0.4 is 10.6 Å². The minimum absolute atomic E-state index is 0.177. The Kier molecular flexibility index (Phi) is 6.35. The molecule has 1 aromatic rings. The van der Waals surface area contributed by atoms with Gasteiger partial charge in [0.25, 0.3) is 0 Å². The molecule has 0 saturated heterocycles. The number of hydrogen-bond donors (Lipinski definition) is 2. The van der Waals surface area contributed by atoms with Crippen LogP contribution in [0.1, 0.15) is 24.5 Å². The van der Waals surface area contributed by atoms with E-state index in [4.69, 9.17) is 0 Å². The number of aryl methyl sites for hydroxylation is 1. The first-order chi connectivity index (χ1) is 9.42. The fourth-order valence-corrected chi connectivity index (χ4v) is 1.62. The SMILES string of the molecule is CCNC(=NCc1ccccc1C)NCCC(F)(F)F. The smallest absolute Gasteiger partial charge is 0.357 e. The van der Waals surface area contributed by atoms with Crippen molar-refractivity contribution in [2.24, 2.45) is 4.99 Å². The summed E-state index contributed by atoms with van der Waals surface area (Å²) in [5, 5.41) is 5.62. The Labute approximate surface area is 117 Å². The number of nitrogens with one attached hydrogen (secondary N) is 2. The third kappa shape index (κ3) is 6.45. The molecule has 0 radical (unpaired) electrons. The molecule has 20 heavy (non-hydrogen) atoms. The van der Waals surface area contributed by atoms with Crippen LogP contribution in [-0.4, -0.2) is 25.2 Å². The summed E-state index contributed by atoms with van der Waals surface area (Å²) < 4.78 is 36.3. The molecule has 0 aromatic heterocycles. The van der Waals surface area contributed by atoms with Crippen LogP contribution in [0.15, 0.2) is 29.3 Å². The molecule has 2 N–H and O–H groups in total. The molecule has 0 atom stereocenters. The molecule has 0 fully saturated rings. The fraction of sp³-hybridized carbons (Fsp3) is 0.500. The van der Waals surface area contributed by atoms with Gasteiger partial charge in [-0.3, -0.25) is 0 Å². The molecule has 0 amide bonds. The second-order valence-electron chi connectivity index (χ2n) is 4.41. The molecule has 0 unspecified atom stereocenters. The lowest BCUT2D eigenvalue weighted by atomic mass is 10.1. The maximum Gasteiger partial charge on any atom is 0.390 e. The topological polar surface area (TPSA) is 36.4 Å². The highest BCUT2D eigenvalue weighted by Gasteiger charge is 2.26. The van der Waals surface area contributed by atoms with Crippen LogP contribution in [0.4, 0.5) is 13.2 Å². The molecule has 0 aliphatic rings. The molecule has 1 aromatic carbocycles. The summed E-state index contributed by atoms with van der Waals surface area (Å²) in [5.74, 6) is 0.403. The van der Waals surface area contributed by atoms with Crippen LogP contribution >= 0.6 is 0 Å². The van der Waals surface area contributed by atoms with E-state index >= 15 is 0 Å². The first-order valence-electron chi connectivity index (χ1n) is 6.56. The molecule has 1 rings (SSSR count). The highest BCUT2D eigenvalue weighted by Crippen LogP contribution is 2.18. The number of halogens is 3. The molecule has 3 nitrogen and oxygen atoms in total. The predicted molar refractivity (Wildman–Crippen MR) is 74.7 cm³/mol. The number of rotatable bonds is 5. The van der Waals surface area contributed by atoms with Gasteiger partial charge in [0.05, 0.1) is 13.0 Å². The van der Waals surface area contributed by atoms with Crippen LogP contribution in [-0.2, 0) is 6.54 Å². The van der Waals surface area contributed by atoms with Gasteiger partial charge in [-0.05, 0) is 25.0 Å². The van der Waals surface area contributed by atoms with Crippen molar-refractivity contribution < 1.29 is 13.2 Å². The number of alkyl halides is 3. The summed E-state index contributed by atoms with van der Waals surface area (Å²) in [7, 11) is 0. The molecule has 0 heterocycles. The molecule has 0 aliphatic carbocycles. The van der Waals surface area contributed by atoms with E-state index in [1.807, 2.05) is 38.1 Å². The molecule has 0 bridgehead atoms. The minimum atomic E-state index is -4.15. The van der Waals surface area contributed by atoms with Gasteiger partial charge in [0.2, 0.25) is 0 Å². The van der Waals surface area contributed by atoms with Crippen LogP contribution in [0.3, 0.4) is 0 Å². The van der Waals surface area contributed by atoms with Gasteiger partial charge in [-0.15, -0.1) is 0 Å². The van der Waals surface area contributed by atoms with E-state index in [0.717, 1.165) is 11.1 Å². The zero-order valence-electron chi connectivity index (χ0n) is 11.7. The van der Waals surface area contributed by atoms with E-state index in [9.17, 15) is 13.2 Å². The van der Waals surface area contributed by atoms with Gasteiger partial charge in [0, 0.05) is 13.1 Å². The van der Waals surface area contributed by atoms with E-state index in [0.29, 0.717) is 19.0 Å². The summed E-state index contributed by atoms with van der Waals surface area (Å²) >= 11 is 0. The van der Waals surface area contributed by atoms with Crippen LogP contribution in [0.2, 0.25) is 0 Å². The van der Waals surface area contributed by atoms with E-state index in [1.54, 1.807) is 0 Å². The average Bonchev–Trinajstić information content (AvgIpc) is 2.36. The summed E-state index contributed by atoms with van der Waals surface area (Å²) in [4.78, 5) is 4.29. The van der Waals surface area contributed by atoms with Gasteiger partial charge in [-0.1, -0.05) is 24.3 Å². The highest BCUT2D eigenvalue weighted by atomic mass is 19.4. The Hall–Kier alpha value is -1.72. The third-order valence-corrected chi connectivity index (χ3v) is 2.71. The first-order valence-corrected chi connectivity index (χ1v) is 6.56. The lowest BCUT2D eigenvalue weighted by Gasteiger charge is -2.12. The third-order valence-electron chi connectivity index (χ3n) is 2.71. The summed E-state index contributed by atoms with van der Waals surface area (Å²) in [5.41, 5.74) is 2.17. The van der Waals surface area contributed by atoms with E-state index < -0.39 is 12.6 Å². The van der Waals surface area contributed by atoms with Crippen molar-refractivity contribution in [2.45, 2.75) is 33.0 Å². The average molecular weight is 287 g/mol. The standard InChI is InChI=1S/C14H20F3N3/c1-3-18-13(19-9-8-14(15,16)17)20-10-12-7-5-4-6-11(12)2/h4-7H,3,8-10H2,1-2H3,(H2,18,19,20). The van der Waals surface area contributed by atoms with Gasteiger partial charge in [-0.2, -0.15) is 13.2 Å². The van der Waals surface area contributed by atoms with Crippen molar-refractivity contribution in [3.63, 3.8) is 0 Å². The first kappa shape index (κ1) is 16.3. The normalized spacial score (nSPS) is 12.3. The molecule has 0 saturated carbocycles. The largest absolute Gasteiger partial charge is 0.390 e. The monoisotopic (exact) mass is 287 g/mol. The number of aliphatic imine (C=N–C) groups is 1. The molecular formula is C14H20F3N3. The number of benzene rings is 1. The van der Waals surface area contributed by atoms with E-state index in [1.165, 1.54) is 0 Å². The van der Waals surface area contributed by atoms with Gasteiger partial charge in [0.1, 0.15) is 0 Å². The zero-order valence-corrected chi connectivity index (χ0v) is 11.7. The Morgan fingerprint density at radius 2 is 1.90 bits per heavy atom. The predicted octanol–water partition coefficient (Wildman–Crippen LogP) is 3.00. The summed E-state index contributed by atoms with van der Waals surface area (Å²) in [6.45, 7) is 4.71. The number of nitrogens with zero attached hydrogens (tertiary/aromatic N) is 1. The zero-order chi connectivity index (χ0) is 15.0. The molecule has 0 aliphatic heterocycles. The molecule has 6 heteroatoms. The Morgan fingerprint density at radius 1 is 1.20 bits per heavy atom. The van der Waals surface area contributed by atoms with Crippen molar-refractivity contribution in [3.8, 4) is 0 Å². The number of hydrogen-bond acceptors (Lipinski definition) is 1. The molecular weight excluding hydrogens is 267 g/mol. The minimum Gasteiger partial charge on any atom is -0.357 e. The molecule has 0 spiro atoms. The summed E-state index contributed by atoms with van der Waals surface area (Å²) in [6.07, 6.45) is -5.03. The maximum atomic E-state index is 12.1. The van der Waals surface area contributed by atoms with Crippen molar-refractivity contribution in [1.82, 2.24) is 10.6 Å². The molecule has 112 valence electrons. The quantitative estimate of drug-likeness (QED) is 0.645. The summed E-state index contributed by atoms with van der Waals surface area (Å²) in [6, 6.07) is 7.80. The lowest BCUT2D eigenvalue weighted by Crippen LogP contribution is -2.38. The second-order valence-corrected chi connectivity index (χ2v) is 4.41. The van der Waals surface area contributed by atoms with Crippen LogP contribution in [0.5, 0.6) is 0 Å². The fourth-order valence-electron chi connectivity index (χ4n) is 1.62. The van der Waals surface area contributed by atoms with Crippen molar-refractivity contribution >= 4 is 5.96 Å². The van der Waals surface area contributed by atoms with Gasteiger partial charge < -0.3 is 10.6 Å². The van der Waals surface area contributed by atoms with Crippen molar-refractivity contribution in [2.75, 3.05) is 13.1 Å². The van der Waals surface area contributed by atoms with Crippen LogP contribution in [0.25, 0.3) is 0 Å². The van der Waals surface area contributed by atoms with Crippen LogP contribution in [0, 0.1) is 6.92 Å². The lowest BCUT2D eigenvalue weighted by molar-refractivity contribution is -0.132. The van der Waals surface area contributed by atoms with Gasteiger partial charge in [0.15, 0.2) is 5.96 Å². The van der Waals surface area contributed by atoms with Crippen molar-refractivity contribution in [1.29, 1.82) is 0 Å².